The zero-order chi connectivity index (χ0) is 35.0. The molecule has 0 amide bonds. The number of hydrogen-bond donors (Lipinski definition) is 0. The zero-order valence-corrected chi connectivity index (χ0v) is 29.3. The number of aromatic nitrogens is 2. The van der Waals surface area contributed by atoms with Gasteiger partial charge in [-0.3, -0.25) is 4.57 Å². The van der Waals surface area contributed by atoms with E-state index in [1.165, 1.54) is 88.0 Å². The van der Waals surface area contributed by atoms with Crippen LogP contribution in [0.4, 0.5) is 0 Å². The Hall–Kier alpha value is -6.77. The molecule has 53 heavy (non-hydrogen) atoms. The number of aryl methyl sites for hydroxylation is 1. The van der Waals surface area contributed by atoms with E-state index in [0.717, 1.165) is 29.0 Å². The van der Waals surface area contributed by atoms with Crippen molar-refractivity contribution in [1.82, 2.24) is 9.55 Å². The minimum Gasteiger partial charge on any atom is -0.296 e. The van der Waals surface area contributed by atoms with Gasteiger partial charge in [0.05, 0.1) is 11.0 Å². The summed E-state index contributed by atoms with van der Waals surface area (Å²) in [4.78, 5) is 4.95. The summed E-state index contributed by atoms with van der Waals surface area (Å²) >= 11 is 0. The first kappa shape index (κ1) is 29.9. The molecular weight excluding hydrogens is 641 g/mol. The topological polar surface area (TPSA) is 17.8 Å². The van der Waals surface area contributed by atoms with Crippen molar-refractivity contribution >= 4 is 43.4 Å². The Morgan fingerprint density at radius 1 is 0.434 bits per heavy atom. The van der Waals surface area contributed by atoms with E-state index >= 15 is 0 Å². The Morgan fingerprint density at radius 3 is 1.89 bits per heavy atom. The fourth-order valence-electron chi connectivity index (χ4n) is 9.02. The molecule has 10 aromatic rings. The second-order valence-corrected chi connectivity index (χ2v) is 14.1. The number of rotatable bonds is 5. The molecule has 0 aliphatic heterocycles. The summed E-state index contributed by atoms with van der Waals surface area (Å²) in [6.45, 7) is 2.18. The lowest BCUT2D eigenvalue weighted by Gasteiger charge is -2.21. The average Bonchev–Trinajstić information content (AvgIpc) is 3.77. The van der Waals surface area contributed by atoms with Crippen LogP contribution in [0.2, 0.25) is 0 Å². The first-order valence-electron chi connectivity index (χ1n) is 18.5. The second-order valence-electron chi connectivity index (χ2n) is 14.1. The molecule has 0 radical (unpaired) electrons. The van der Waals surface area contributed by atoms with Gasteiger partial charge in [-0.1, -0.05) is 153 Å². The highest BCUT2D eigenvalue weighted by Gasteiger charge is 2.27. The highest BCUT2D eigenvalue weighted by Crippen LogP contribution is 2.54. The van der Waals surface area contributed by atoms with Crippen molar-refractivity contribution in [2.24, 2.45) is 0 Å². The Morgan fingerprint density at radius 2 is 1.08 bits per heavy atom. The molecule has 0 saturated heterocycles. The van der Waals surface area contributed by atoms with Crippen LogP contribution in [0.1, 0.15) is 12.7 Å². The van der Waals surface area contributed by atoms with Gasteiger partial charge >= 0.3 is 0 Å². The smallest absolute Gasteiger partial charge is 0.114 e. The molecule has 0 saturated carbocycles. The van der Waals surface area contributed by atoms with Crippen LogP contribution in [-0.4, -0.2) is 9.55 Å². The molecule has 0 N–H and O–H groups in total. The van der Waals surface area contributed by atoms with Crippen LogP contribution in [0, 0.1) is 0 Å². The minimum atomic E-state index is 0.861. The molecule has 0 unspecified atom stereocenters. The third-order valence-corrected chi connectivity index (χ3v) is 11.3. The standard InChI is InChI=1S/C51H34N2/c1-2-47-52-45-23-8-9-24-46(45)53(47)36-28-25-34(26-29-36)48-37-17-6-7-18-39(37)51(44-31-35(27-30-41(44)48)32-13-4-3-5-14-32)43-22-12-20-40-38-19-10-15-33-16-11-21-42(49(33)38)50(40)43/h3-31H,2H2,1H3. The molecule has 2 heteroatoms. The fourth-order valence-corrected chi connectivity index (χ4v) is 9.02. The highest BCUT2D eigenvalue weighted by atomic mass is 15.1. The predicted molar refractivity (Wildman–Crippen MR) is 224 cm³/mol. The maximum Gasteiger partial charge on any atom is 0.114 e. The summed E-state index contributed by atoms with van der Waals surface area (Å²) in [5, 5.41) is 7.66. The van der Waals surface area contributed by atoms with Crippen LogP contribution in [-0.2, 0) is 6.42 Å². The van der Waals surface area contributed by atoms with E-state index in [2.05, 4.69) is 187 Å². The largest absolute Gasteiger partial charge is 0.296 e. The summed E-state index contributed by atoms with van der Waals surface area (Å²) in [6.07, 6.45) is 0.861. The molecule has 1 heterocycles. The third kappa shape index (κ3) is 4.42. The molecule has 1 aliphatic rings. The normalized spacial score (nSPS) is 11.9. The lowest BCUT2D eigenvalue weighted by Crippen LogP contribution is -2.00. The lowest BCUT2D eigenvalue weighted by atomic mass is 9.82. The van der Waals surface area contributed by atoms with E-state index < -0.39 is 0 Å². The number of hydrogen-bond acceptors (Lipinski definition) is 1. The van der Waals surface area contributed by atoms with Gasteiger partial charge in [-0.25, -0.2) is 4.98 Å². The highest BCUT2D eigenvalue weighted by molar-refractivity contribution is 6.26. The van der Waals surface area contributed by atoms with E-state index in [0.29, 0.717) is 0 Å². The van der Waals surface area contributed by atoms with E-state index in [1.807, 2.05) is 0 Å². The summed E-state index contributed by atoms with van der Waals surface area (Å²) in [5.41, 5.74) is 16.0. The first-order valence-corrected chi connectivity index (χ1v) is 18.5. The molecule has 2 nitrogen and oxygen atoms in total. The summed E-state index contributed by atoms with van der Waals surface area (Å²) in [6, 6.07) is 64.8. The van der Waals surface area contributed by atoms with Gasteiger partial charge in [0.2, 0.25) is 0 Å². The SMILES string of the molecule is CCc1nc2ccccc2n1-c1ccc(-c2c3ccccc3c(-c3cccc4c3-c3cccc5cccc-4c35)c3cc(-c4ccccc4)ccc23)cc1. The number of nitrogens with zero attached hydrogens (tertiary/aromatic N) is 2. The van der Waals surface area contributed by atoms with Gasteiger partial charge in [0, 0.05) is 12.1 Å². The monoisotopic (exact) mass is 674 g/mol. The third-order valence-electron chi connectivity index (χ3n) is 11.3. The van der Waals surface area contributed by atoms with Crippen LogP contribution in [0.3, 0.4) is 0 Å². The maximum atomic E-state index is 4.95. The molecular formula is C51H34N2. The first-order chi connectivity index (χ1) is 26.3. The van der Waals surface area contributed by atoms with Crippen molar-refractivity contribution in [1.29, 1.82) is 0 Å². The van der Waals surface area contributed by atoms with Gasteiger partial charge < -0.3 is 0 Å². The van der Waals surface area contributed by atoms with Crippen LogP contribution in [0.25, 0.3) is 105 Å². The zero-order valence-electron chi connectivity index (χ0n) is 29.3. The number of fused-ring (bicyclic) bond motifs is 6. The Kier molecular flexibility index (Phi) is 6.56. The maximum absolute atomic E-state index is 4.95. The van der Waals surface area contributed by atoms with Crippen molar-refractivity contribution < 1.29 is 0 Å². The molecule has 1 aromatic heterocycles. The van der Waals surface area contributed by atoms with Crippen molar-refractivity contribution in [2.45, 2.75) is 13.3 Å². The molecule has 0 atom stereocenters. The van der Waals surface area contributed by atoms with Crippen LogP contribution >= 0.6 is 0 Å². The van der Waals surface area contributed by atoms with Gasteiger partial charge in [-0.15, -0.1) is 0 Å². The number of imidazole rings is 1. The van der Waals surface area contributed by atoms with Crippen LogP contribution in [0.5, 0.6) is 0 Å². The van der Waals surface area contributed by atoms with Crippen molar-refractivity contribution in [3.05, 3.63) is 182 Å². The minimum absolute atomic E-state index is 0.861. The Balaban J connectivity index is 1.20. The van der Waals surface area contributed by atoms with E-state index in [1.54, 1.807) is 0 Å². The molecule has 248 valence electrons. The summed E-state index contributed by atoms with van der Waals surface area (Å²) < 4.78 is 2.30. The predicted octanol–water partition coefficient (Wildman–Crippen LogP) is 13.7. The van der Waals surface area contributed by atoms with E-state index in [4.69, 9.17) is 4.98 Å². The van der Waals surface area contributed by atoms with Gasteiger partial charge in [0.1, 0.15) is 5.82 Å². The Bertz CT molecular complexity index is 3070. The molecule has 0 fully saturated rings. The molecule has 11 rings (SSSR count). The molecule has 1 aliphatic carbocycles. The van der Waals surface area contributed by atoms with Crippen LogP contribution < -0.4 is 0 Å². The van der Waals surface area contributed by atoms with E-state index in [-0.39, 0.29) is 0 Å². The van der Waals surface area contributed by atoms with Crippen LogP contribution in [0.15, 0.2) is 176 Å². The Labute approximate surface area is 308 Å². The second kappa shape index (κ2) is 11.6. The van der Waals surface area contributed by atoms with Gasteiger partial charge in [-0.2, -0.15) is 0 Å². The van der Waals surface area contributed by atoms with Gasteiger partial charge in [0.15, 0.2) is 0 Å². The van der Waals surface area contributed by atoms with Crippen molar-refractivity contribution in [3.63, 3.8) is 0 Å². The lowest BCUT2D eigenvalue weighted by molar-refractivity contribution is 0.908. The quantitative estimate of drug-likeness (QED) is 0.166. The number of para-hydroxylation sites is 2. The number of benzene rings is 9. The van der Waals surface area contributed by atoms with E-state index in [9.17, 15) is 0 Å². The molecule has 9 aromatic carbocycles. The van der Waals surface area contributed by atoms with Gasteiger partial charge in [-0.05, 0) is 118 Å². The molecule has 0 spiro atoms. The van der Waals surface area contributed by atoms with Crippen molar-refractivity contribution in [3.8, 4) is 61.3 Å². The summed E-state index contributed by atoms with van der Waals surface area (Å²) in [5.74, 6) is 1.07. The van der Waals surface area contributed by atoms with Crippen molar-refractivity contribution in [2.75, 3.05) is 0 Å². The summed E-state index contributed by atoms with van der Waals surface area (Å²) in [7, 11) is 0. The fraction of sp³-hybridized carbons (Fsp3) is 0.0392. The average molecular weight is 675 g/mol. The molecule has 0 bridgehead atoms. The van der Waals surface area contributed by atoms with Gasteiger partial charge in [0.25, 0.3) is 0 Å².